The average molecular weight is 575 g/mol. The quantitative estimate of drug-likeness (QED) is 0.239. The third-order valence-electron chi connectivity index (χ3n) is 8.79. The average Bonchev–Trinajstić information content (AvgIpc) is 3.43. The van der Waals surface area contributed by atoms with Gasteiger partial charge in [-0.3, -0.25) is 4.79 Å². The van der Waals surface area contributed by atoms with E-state index in [-0.39, 0.29) is 6.10 Å². The summed E-state index contributed by atoms with van der Waals surface area (Å²) in [5.74, 6) is 0.752. The second-order valence-corrected chi connectivity index (χ2v) is 11.1. The number of carbonyl (C=O) groups excluding carboxylic acids is 1. The Bertz CT molecular complexity index is 1350. The van der Waals surface area contributed by atoms with Crippen LogP contribution in [0.2, 0.25) is 0 Å². The van der Waals surface area contributed by atoms with Gasteiger partial charge >= 0.3 is 12.3 Å². The molecule has 1 fully saturated rings. The molecule has 0 spiro atoms. The number of carbonyl (C=O) groups is 1. The van der Waals surface area contributed by atoms with Gasteiger partial charge in [0.1, 0.15) is 5.41 Å². The fraction of sp³-hybridized carbons (Fsp3) is 0.412. The van der Waals surface area contributed by atoms with Gasteiger partial charge in [-0.05, 0) is 60.9 Å². The summed E-state index contributed by atoms with van der Waals surface area (Å²) in [6, 6.07) is 26.4. The maximum Gasteiger partial charge on any atom is 0.314 e. The number of hydrogen-bond donors (Lipinski definition) is 1. The highest BCUT2D eigenvalue weighted by Gasteiger charge is 2.57. The molecule has 4 unspecified atom stereocenters. The Morgan fingerprint density at radius 3 is 2.19 bits per heavy atom. The first kappa shape index (κ1) is 29.5. The molecular weight excluding hydrogens is 534 g/mol. The van der Waals surface area contributed by atoms with Gasteiger partial charge < -0.3 is 18.9 Å². The Morgan fingerprint density at radius 1 is 0.976 bits per heavy atom. The van der Waals surface area contributed by atoms with Gasteiger partial charge in [-0.25, -0.2) is 5.21 Å². The Labute approximate surface area is 247 Å². The number of benzene rings is 3. The van der Waals surface area contributed by atoms with Crippen LogP contribution in [0.4, 0.5) is 0 Å². The first-order chi connectivity index (χ1) is 20.3. The topological polar surface area (TPSA) is 86.5 Å². The number of hydrogen-bond acceptors (Lipinski definition) is 7. The van der Waals surface area contributed by atoms with E-state index in [1.54, 1.807) is 20.4 Å². The third-order valence-corrected chi connectivity index (χ3v) is 8.79. The minimum Gasteiger partial charge on any atom is -0.493 e. The lowest BCUT2D eigenvalue weighted by atomic mass is 9.71. The van der Waals surface area contributed by atoms with Crippen molar-refractivity contribution in [2.24, 2.45) is 5.41 Å². The van der Waals surface area contributed by atoms with Crippen molar-refractivity contribution in [2.45, 2.75) is 69.9 Å². The van der Waals surface area contributed by atoms with Crippen LogP contribution >= 0.6 is 0 Å². The van der Waals surface area contributed by atoms with Gasteiger partial charge in [0.05, 0.1) is 20.3 Å². The van der Waals surface area contributed by atoms with Crippen LogP contribution in [-0.4, -0.2) is 55.0 Å². The van der Waals surface area contributed by atoms with E-state index >= 15 is 0 Å². The summed E-state index contributed by atoms with van der Waals surface area (Å²) in [5.41, 5.74) is 1.94. The smallest absolute Gasteiger partial charge is 0.314 e. The standard InChI is InChI=1S/C34H40NO7/c1-5-33(22-25-18-19-28(38-3)29(21-25)39-4)23-35(37)42-32(31(33)40-24(2)36)41-30-17-12-20-34(30,26-13-8-6-9-14-26)27-15-10-7-11-16-27/h6-11,13-16,18-19,21,23,30-32,37H,5,12,17,20,22H2,1-4H3/q+1. The van der Waals surface area contributed by atoms with Crippen molar-refractivity contribution < 1.29 is 38.7 Å². The van der Waals surface area contributed by atoms with Crippen LogP contribution in [0.25, 0.3) is 0 Å². The lowest BCUT2D eigenvalue weighted by Gasteiger charge is -2.42. The minimum atomic E-state index is -1.06. The monoisotopic (exact) mass is 574 g/mol. The predicted octanol–water partition coefficient (Wildman–Crippen LogP) is 5.87. The first-order valence-corrected chi connectivity index (χ1v) is 14.5. The van der Waals surface area contributed by atoms with E-state index in [1.807, 2.05) is 61.5 Å². The lowest BCUT2D eigenvalue weighted by molar-refractivity contribution is -0.978. The Kier molecular flexibility index (Phi) is 8.73. The normalized spacial score (nSPS) is 24.8. The Hall–Kier alpha value is -4.04. The molecule has 3 aromatic carbocycles. The van der Waals surface area contributed by atoms with Crippen molar-refractivity contribution in [3.63, 3.8) is 0 Å². The fourth-order valence-corrected chi connectivity index (χ4v) is 6.76. The summed E-state index contributed by atoms with van der Waals surface area (Å²) in [6.45, 7) is 3.38. The van der Waals surface area contributed by atoms with E-state index in [9.17, 15) is 10.0 Å². The van der Waals surface area contributed by atoms with Crippen molar-refractivity contribution in [2.75, 3.05) is 14.2 Å². The van der Waals surface area contributed by atoms with Gasteiger partial charge in [-0.2, -0.15) is 4.84 Å². The summed E-state index contributed by atoms with van der Waals surface area (Å²) >= 11 is 0. The highest BCUT2D eigenvalue weighted by Crippen LogP contribution is 2.49. The van der Waals surface area contributed by atoms with Gasteiger partial charge in [0.25, 0.3) is 6.21 Å². The molecule has 42 heavy (non-hydrogen) atoms. The third kappa shape index (κ3) is 5.55. The first-order valence-electron chi connectivity index (χ1n) is 14.5. The highest BCUT2D eigenvalue weighted by molar-refractivity contribution is 5.69. The molecule has 8 heteroatoms. The van der Waals surface area contributed by atoms with Crippen LogP contribution in [0.3, 0.4) is 0 Å². The molecule has 0 radical (unpaired) electrons. The predicted molar refractivity (Wildman–Crippen MR) is 157 cm³/mol. The maximum atomic E-state index is 12.5. The van der Waals surface area contributed by atoms with Gasteiger partial charge in [0.15, 0.2) is 22.5 Å². The van der Waals surface area contributed by atoms with Gasteiger partial charge in [0, 0.05) is 12.3 Å². The van der Waals surface area contributed by atoms with E-state index in [4.69, 9.17) is 23.8 Å². The molecule has 4 atom stereocenters. The maximum absolute atomic E-state index is 12.5. The zero-order valence-electron chi connectivity index (χ0n) is 24.7. The number of esters is 1. The van der Waals surface area contributed by atoms with Crippen molar-refractivity contribution >= 4 is 12.2 Å². The summed E-state index contributed by atoms with van der Waals surface area (Å²) in [6.07, 6.45) is 2.96. The van der Waals surface area contributed by atoms with Gasteiger partial charge in [-0.15, -0.1) is 0 Å². The molecule has 3 aromatic rings. The summed E-state index contributed by atoms with van der Waals surface area (Å²) in [4.78, 5) is 19.1. The van der Waals surface area contributed by atoms with Crippen molar-refractivity contribution in [1.29, 1.82) is 0 Å². The second-order valence-electron chi connectivity index (χ2n) is 11.1. The zero-order valence-corrected chi connectivity index (χ0v) is 24.7. The zero-order chi connectivity index (χ0) is 29.7. The van der Waals surface area contributed by atoms with Crippen molar-refractivity contribution in [3.05, 3.63) is 95.6 Å². The van der Waals surface area contributed by atoms with Crippen LogP contribution in [0.15, 0.2) is 78.9 Å². The van der Waals surface area contributed by atoms with Crippen molar-refractivity contribution in [3.8, 4) is 11.5 Å². The summed E-state index contributed by atoms with van der Waals surface area (Å²) < 4.78 is 23.8. The molecule has 0 saturated heterocycles. The van der Waals surface area contributed by atoms with Crippen LogP contribution < -0.4 is 9.47 Å². The van der Waals surface area contributed by atoms with E-state index < -0.39 is 29.2 Å². The number of rotatable bonds is 10. The molecule has 8 nitrogen and oxygen atoms in total. The van der Waals surface area contributed by atoms with Crippen LogP contribution in [0, 0.1) is 5.41 Å². The fourth-order valence-electron chi connectivity index (χ4n) is 6.76. The number of nitrogens with zero attached hydrogens (tertiary/aromatic N) is 1. The molecule has 1 heterocycles. The minimum absolute atomic E-state index is 0.299. The van der Waals surface area contributed by atoms with Gasteiger partial charge in [0.2, 0.25) is 0 Å². The Balaban J connectivity index is 1.54. The van der Waals surface area contributed by atoms with E-state index in [2.05, 4.69) is 24.3 Å². The van der Waals surface area contributed by atoms with E-state index in [0.717, 1.165) is 40.9 Å². The van der Waals surface area contributed by atoms with Crippen LogP contribution in [-0.2, 0) is 30.9 Å². The molecule has 1 aliphatic heterocycles. The molecule has 1 aliphatic carbocycles. The number of methoxy groups -OCH3 is 2. The van der Waals surface area contributed by atoms with Crippen LogP contribution in [0.5, 0.6) is 11.5 Å². The van der Waals surface area contributed by atoms with Crippen molar-refractivity contribution in [1.82, 2.24) is 0 Å². The SMILES string of the molecule is CCC1(Cc2ccc(OC)c(OC)c2)C=[N+](O)OC(OC2CCCC2(c2ccccc2)c2ccccc2)C1OC(C)=O. The summed E-state index contributed by atoms with van der Waals surface area (Å²) in [5, 5.41) is 10.9. The molecule has 0 bridgehead atoms. The molecule has 0 aromatic heterocycles. The summed E-state index contributed by atoms with van der Waals surface area (Å²) in [7, 11) is 3.18. The molecule has 222 valence electrons. The van der Waals surface area contributed by atoms with E-state index in [1.165, 1.54) is 6.92 Å². The Morgan fingerprint density at radius 2 is 1.62 bits per heavy atom. The molecule has 5 rings (SSSR count). The lowest BCUT2D eigenvalue weighted by Crippen LogP contribution is -2.57. The van der Waals surface area contributed by atoms with Crippen LogP contribution in [0.1, 0.15) is 56.2 Å². The molecule has 1 N–H and O–H groups in total. The molecule has 2 aliphatic rings. The molecule has 1 saturated carbocycles. The number of ether oxygens (including phenoxy) is 4. The second kappa shape index (κ2) is 12.4. The largest absolute Gasteiger partial charge is 0.493 e. The van der Waals surface area contributed by atoms with E-state index in [0.29, 0.717) is 24.3 Å². The molecular formula is C34H40NO7+. The van der Waals surface area contributed by atoms with Gasteiger partial charge in [-0.1, -0.05) is 73.7 Å². The highest BCUT2D eigenvalue weighted by atomic mass is 16.9. The molecule has 0 amide bonds.